The number of carbonyl (C=O) groups excluding carboxylic acids is 3. The first kappa shape index (κ1) is 15.8. The van der Waals surface area contributed by atoms with Crippen molar-refractivity contribution in [2.24, 2.45) is 0 Å². The smallest absolute Gasteiger partial charge is 0.416 e. The van der Waals surface area contributed by atoms with Gasteiger partial charge in [0, 0.05) is 5.39 Å². The zero-order valence-corrected chi connectivity index (χ0v) is 13.0. The van der Waals surface area contributed by atoms with Crippen LogP contribution in [-0.4, -0.2) is 49.7 Å². The minimum atomic E-state index is -0.717. The summed E-state index contributed by atoms with van der Waals surface area (Å²) < 4.78 is 15.0. The average molecular weight is 329 g/mol. The van der Waals surface area contributed by atoms with Gasteiger partial charge in [0.2, 0.25) is 0 Å². The Hall–Kier alpha value is -3.09. The number of carbonyl (C=O) groups is 3. The summed E-state index contributed by atoms with van der Waals surface area (Å²) in [5, 5.41) is 1.43. The molecule has 1 fully saturated rings. The summed E-state index contributed by atoms with van der Waals surface area (Å²) in [6, 6.07) is 10.5. The highest BCUT2D eigenvalue weighted by Crippen LogP contribution is 2.28. The molecule has 0 spiro atoms. The van der Waals surface area contributed by atoms with Crippen molar-refractivity contribution in [3.8, 4) is 5.75 Å². The van der Waals surface area contributed by atoms with Crippen LogP contribution in [0.1, 0.15) is 10.4 Å². The Kier molecular flexibility index (Phi) is 4.33. The summed E-state index contributed by atoms with van der Waals surface area (Å²) in [6.07, 6.45) is -0.717. The van der Waals surface area contributed by atoms with Crippen LogP contribution < -0.4 is 4.74 Å². The molecule has 2 aromatic carbocycles. The Balaban J connectivity index is 1.77. The average Bonchev–Trinajstić information content (AvgIpc) is 3.04. The highest BCUT2D eigenvalue weighted by atomic mass is 16.6. The second-order valence-electron chi connectivity index (χ2n) is 5.10. The second kappa shape index (κ2) is 6.57. The predicted octanol–water partition coefficient (Wildman–Crippen LogP) is 1.98. The molecular formula is C17H15NO6. The van der Waals surface area contributed by atoms with Crippen molar-refractivity contribution in [3.63, 3.8) is 0 Å². The molecule has 1 aliphatic heterocycles. The Morgan fingerprint density at radius 3 is 2.58 bits per heavy atom. The molecule has 0 bridgehead atoms. The number of nitrogens with zero attached hydrogens (tertiary/aromatic N) is 1. The van der Waals surface area contributed by atoms with Crippen LogP contribution in [0.3, 0.4) is 0 Å². The van der Waals surface area contributed by atoms with Crippen LogP contribution in [0.5, 0.6) is 5.75 Å². The van der Waals surface area contributed by atoms with E-state index >= 15 is 0 Å². The second-order valence-corrected chi connectivity index (χ2v) is 5.10. The molecular weight excluding hydrogens is 314 g/mol. The first-order valence-corrected chi connectivity index (χ1v) is 7.32. The van der Waals surface area contributed by atoms with E-state index in [-0.39, 0.29) is 13.2 Å². The summed E-state index contributed by atoms with van der Waals surface area (Å²) in [4.78, 5) is 36.4. The zero-order valence-electron chi connectivity index (χ0n) is 13.0. The van der Waals surface area contributed by atoms with Gasteiger partial charge in [0.1, 0.15) is 12.4 Å². The predicted molar refractivity (Wildman–Crippen MR) is 83.8 cm³/mol. The van der Waals surface area contributed by atoms with Crippen molar-refractivity contribution < 1.29 is 28.6 Å². The van der Waals surface area contributed by atoms with E-state index in [9.17, 15) is 14.4 Å². The maximum Gasteiger partial charge on any atom is 0.416 e. The van der Waals surface area contributed by atoms with Crippen LogP contribution in [0.15, 0.2) is 36.4 Å². The number of esters is 1. The first-order chi connectivity index (χ1) is 11.6. The number of amides is 2. The van der Waals surface area contributed by atoms with E-state index in [2.05, 4.69) is 4.74 Å². The van der Waals surface area contributed by atoms with E-state index in [1.807, 2.05) is 12.1 Å². The quantitative estimate of drug-likeness (QED) is 0.798. The lowest BCUT2D eigenvalue weighted by molar-refractivity contribution is -0.131. The van der Waals surface area contributed by atoms with Crippen LogP contribution in [0.2, 0.25) is 0 Å². The normalized spacial score (nSPS) is 13.7. The lowest BCUT2D eigenvalue weighted by atomic mass is 10.0. The molecule has 124 valence electrons. The molecule has 7 heteroatoms. The van der Waals surface area contributed by atoms with Gasteiger partial charge >= 0.3 is 12.1 Å². The third kappa shape index (κ3) is 2.88. The molecule has 2 amide bonds. The number of hydrogen-bond donors (Lipinski definition) is 0. The molecule has 1 saturated heterocycles. The zero-order chi connectivity index (χ0) is 17.1. The van der Waals surface area contributed by atoms with Crippen molar-refractivity contribution in [2.45, 2.75) is 0 Å². The van der Waals surface area contributed by atoms with Gasteiger partial charge < -0.3 is 14.2 Å². The summed E-state index contributed by atoms with van der Waals surface area (Å²) >= 11 is 0. The highest BCUT2D eigenvalue weighted by molar-refractivity contribution is 6.07. The summed E-state index contributed by atoms with van der Waals surface area (Å²) in [5.41, 5.74) is 0.322. The molecule has 3 rings (SSSR count). The van der Waals surface area contributed by atoms with Gasteiger partial charge in [0.05, 0.1) is 19.2 Å². The Bertz CT molecular complexity index is 816. The number of fused-ring (bicyclic) bond motifs is 1. The SMILES string of the molecule is COc1ccc(C(=O)OCC(=O)N2CCOC2=O)c2ccccc12. The van der Waals surface area contributed by atoms with Gasteiger partial charge in [0.25, 0.3) is 5.91 Å². The van der Waals surface area contributed by atoms with Crippen molar-refractivity contribution >= 4 is 28.7 Å². The number of methoxy groups -OCH3 is 1. The molecule has 2 aromatic rings. The number of rotatable bonds is 4. The van der Waals surface area contributed by atoms with Crippen LogP contribution in [0.4, 0.5) is 4.79 Å². The maximum absolute atomic E-state index is 12.3. The lowest BCUT2D eigenvalue weighted by Crippen LogP contribution is -2.35. The molecule has 0 saturated carbocycles. The van der Waals surface area contributed by atoms with Crippen LogP contribution in [0, 0.1) is 0 Å². The Morgan fingerprint density at radius 1 is 1.17 bits per heavy atom. The van der Waals surface area contributed by atoms with Crippen LogP contribution in [-0.2, 0) is 14.3 Å². The van der Waals surface area contributed by atoms with E-state index in [0.717, 1.165) is 10.3 Å². The molecule has 24 heavy (non-hydrogen) atoms. The fourth-order valence-corrected chi connectivity index (χ4v) is 2.53. The van der Waals surface area contributed by atoms with Gasteiger partial charge in [-0.2, -0.15) is 0 Å². The number of hydrogen-bond acceptors (Lipinski definition) is 6. The summed E-state index contributed by atoms with van der Waals surface area (Å²) in [6.45, 7) is -0.198. The van der Waals surface area contributed by atoms with Gasteiger partial charge in [0.15, 0.2) is 6.61 Å². The Morgan fingerprint density at radius 2 is 1.92 bits per heavy atom. The monoisotopic (exact) mass is 329 g/mol. The van der Waals surface area contributed by atoms with E-state index in [1.54, 1.807) is 31.4 Å². The van der Waals surface area contributed by atoms with Crippen LogP contribution >= 0.6 is 0 Å². The van der Waals surface area contributed by atoms with E-state index in [0.29, 0.717) is 16.7 Å². The molecule has 0 aromatic heterocycles. The minimum absolute atomic E-state index is 0.154. The van der Waals surface area contributed by atoms with Gasteiger partial charge in [-0.05, 0) is 17.5 Å². The molecule has 0 unspecified atom stereocenters. The van der Waals surface area contributed by atoms with Gasteiger partial charge in [-0.25, -0.2) is 14.5 Å². The Labute approximate surface area is 137 Å². The third-order valence-electron chi connectivity index (χ3n) is 3.71. The third-order valence-corrected chi connectivity index (χ3v) is 3.71. The molecule has 0 radical (unpaired) electrons. The number of ether oxygens (including phenoxy) is 3. The van der Waals surface area contributed by atoms with Gasteiger partial charge in [-0.15, -0.1) is 0 Å². The highest BCUT2D eigenvalue weighted by Gasteiger charge is 2.29. The molecule has 7 nitrogen and oxygen atoms in total. The largest absolute Gasteiger partial charge is 0.496 e. The maximum atomic E-state index is 12.3. The van der Waals surface area contributed by atoms with Crippen molar-refractivity contribution in [3.05, 3.63) is 42.0 Å². The molecule has 1 aliphatic rings. The lowest BCUT2D eigenvalue weighted by Gasteiger charge is -2.12. The molecule has 0 atom stereocenters. The topological polar surface area (TPSA) is 82.1 Å². The molecule has 0 aliphatic carbocycles. The summed E-state index contributed by atoms with van der Waals surface area (Å²) in [5.74, 6) is -0.614. The van der Waals surface area contributed by atoms with Crippen molar-refractivity contribution in [1.29, 1.82) is 0 Å². The summed E-state index contributed by atoms with van der Waals surface area (Å²) in [7, 11) is 1.55. The van der Waals surface area contributed by atoms with Gasteiger partial charge in [-0.1, -0.05) is 24.3 Å². The molecule has 0 N–H and O–H groups in total. The standard InChI is InChI=1S/C17H15NO6/c1-22-14-7-6-13(11-4-2-3-5-12(11)14)16(20)24-10-15(19)18-8-9-23-17(18)21/h2-7H,8-10H2,1H3. The number of benzene rings is 2. The van der Waals surface area contributed by atoms with Crippen molar-refractivity contribution in [1.82, 2.24) is 4.90 Å². The fraction of sp³-hybridized carbons (Fsp3) is 0.235. The van der Waals surface area contributed by atoms with E-state index < -0.39 is 24.6 Å². The first-order valence-electron chi connectivity index (χ1n) is 7.32. The fourth-order valence-electron chi connectivity index (χ4n) is 2.53. The molecule has 1 heterocycles. The van der Waals surface area contributed by atoms with Gasteiger partial charge in [-0.3, -0.25) is 4.79 Å². The van der Waals surface area contributed by atoms with Crippen LogP contribution in [0.25, 0.3) is 10.8 Å². The number of imide groups is 1. The van der Waals surface area contributed by atoms with Crippen molar-refractivity contribution in [2.75, 3.05) is 26.9 Å². The minimum Gasteiger partial charge on any atom is -0.496 e. The van der Waals surface area contributed by atoms with E-state index in [4.69, 9.17) is 9.47 Å². The van der Waals surface area contributed by atoms with E-state index in [1.165, 1.54) is 0 Å². The number of cyclic esters (lactones) is 1.